The van der Waals surface area contributed by atoms with E-state index >= 15 is 0 Å². The van der Waals surface area contributed by atoms with Crippen LogP contribution in [0.2, 0.25) is 6.04 Å². The van der Waals surface area contributed by atoms with Crippen LogP contribution in [0.5, 0.6) is 0 Å². The van der Waals surface area contributed by atoms with Crippen molar-refractivity contribution in [3.63, 3.8) is 0 Å². The molecule has 0 fully saturated rings. The van der Waals surface area contributed by atoms with Crippen molar-refractivity contribution >= 4 is 14.8 Å². The lowest BCUT2D eigenvalue weighted by Gasteiger charge is -2.25. The summed E-state index contributed by atoms with van der Waals surface area (Å²) in [4.78, 5) is 10.7. The quantitative estimate of drug-likeness (QED) is 0.454. The van der Waals surface area contributed by atoms with Crippen molar-refractivity contribution in [2.75, 3.05) is 27.9 Å². The van der Waals surface area contributed by atoms with Crippen LogP contribution in [0.3, 0.4) is 0 Å². The zero-order chi connectivity index (χ0) is 16.4. The molecule has 128 valence electrons. The van der Waals surface area contributed by atoms with Gasteiger partial charge in [0.2, 0.25) is 0 Å². The number of nitrogens with zero attached hydrogens (tertiary/aromatic N) is 2. The number of carbonyl (C=O) groups excluding carboxylic acids is 1. The molecule has 1 aliphatic heterocycles. The van der Waals surface area contributed by atoms with Crippen LogP contribution in [0, 0.1) is 0 Å². The molecule has 0 bridgehead atoms. The highest BCUT2D eigenvalue weighted by molar-refractivity contribution is 6.60. The molecule has 1 heterocycles. The largest absolute Gasteiger partial charge is 0.500 e. The van der Waals surface area contributed by atoms with E-state index in [-0.39, 0.29) is 18.1 Å². The second-order valence-corrected chi connectivity index (χ2v) is 8.52. The van der Waals surface area contributed by atoms with E-state index in [0.717, 1.165) is 38.1 Å². The Hall–Kier alpha value is -0.833. The molecule has 0 N–H and O–H groups in total. The lowest BCUT2D eigenvalue weighted by atomic mass is 10.0. The van der Waals surface area contributed by atoms with Crippen LogP contribution in [-0.4, -0.2) is 54.8 Å². The molecular formula is C14H28N2O5Si. The Kier molecular flexibility index (Phi) is 8.77. The molecule has 0 aliphatic carbocycles. The summed E-state index contributed by atoms with van der Waals surface area (Å²) in [5, 5.41) is 8.72. The van der Waals surface area contributed by atoms with Crippen molar-refractivity contribution in [3.05, 3.63) is 0 Å². The van der Waals surface area contributed by atoms with Gasteiger partial charge in [-0.05, 0) is 25.7 Å². The van der Waals surface area contributed by atoms with Crippen LogP contribution in [-0.2, 0) is 22.8 Å². The van der Waals surface area contributed by atoms with E-state index in [2.05, 4.69) is 10.2 Å². The Bertz CT molecular complexity index is 355. The number of ether oxygens (including phenoxy) is 1. The van der Waals surface area contributed by atoms with Gasteiger partial charge in [-0.2, -0.15) is 10.2 Å². The normalized spacial score (nSPS) is 21.8. The van der Waals surface area contributed by atoms with Gasteiger partial charge >= 0.3 is 14.8 Å². The molecule has 0 saturated carbocycles. The summed E-state index contributed by atoms with van der Waals surface area (Å²) in [5.74, 6) is -0.243. The second-order valence-electron chi connectivity index (χ2n) is 5.43. The Balaban J connectivity index is 2.25. The zero-order valence-corrected chi connectivity index (χ0v) is 15.0. The number of carbonyl (C=O) groups is 1. The summed E-state index contributed by atoms with van der Waals surface area (Å²) in [5.41, 5.74) is 0. The Labute approximate surface area is 133 Å². The van der Waals surface area contributed by atoms with Crippen molar-refractivity contribution in [2.24, 2.45) is 10.2 Å². The van der Waals surface area contributed by atoms with Crippen LogP contribution in [0.25, 0.3) is 0 Å². The summed E-state index contributed by atoms with van der Waals surface area (Å²) in [6.07, 6.45) is 4.68. The van der Waals surface area contributed by atoms with Crippen LogP contribution in [0.4, 0.5) is 0 Å². The number of rotatable bonds is 10. The third kappa shape index (κ3) is 6.51. The Morgan fingerprint density at radius 2 is 1.59 bits per heavy atom. The second kappa shape index (κ2) is 10.0. The van der Waals surface area contributed by atoms with E-state index in [1.165, 1.54) is 6.92 Å². The highest BCUT2D eigenvalue weighted by atomic mass is 28.4. The van der Waals surface area contributed by atoms with Gasteiger partial charge in [-0.3, -0.25) is 4.79 Å². The number of azo groups is 1. The van der Waals surface area contributed by atoms with Crippen molar-refractivity contribution < 1.29 is 22.8 Å². The summed E-state index contributed by atoms with van der Waals surface area (Å²) in [6, 6.07) is 1.24. The van der Waals surface area contributed by atoms with Crippen LogP contribution < -0.4 is 0 Å². The molecule has 2 atom stereocenters. The third-order valence-corrected chi connectivity index (χ3v) is 6.77. The molecule has 0 spiro atoms. The van der Waals surface area contributed by atoms with Gasteiger partial charge in [0.15, 0.2) is 0 Å². The van der Waals surface area contributed by atoms with Crippen LogP contribution in [0.15, 0.2) is 10.2 Å². The molecule has 2 unspecified atom stereocenters. The molecular weight excluding hydrogens is 304 g/mol. The lowest BCUT2D eigenvalue weighted by Crippen LogP contribution is -2.42. The van der Waals surface area contributed by atoms with Gasteiger partial charge in [0.25, 0.3) is 0 Å². The molecule has 1 rings (SSSR count). The van der Waals surface area contributed by atoms with Crippen molar-refractivity contribution in [2.45, 2.75) is 57.2 Å². The van der Waals surface area contributed by atoms with E-state index in [1.807, 2.05) is 0 Å². The van der Waals surface area contributed by atoms with Crippen LogP contribution in [0.1, 0.15) is 39.0 Å². The summed E-state index contributed by atoms with van der Waals surface area (Å²) < 4.78 is 21.1. The molecule has 0 saturated heterocycles. The summed E-state index contributed by atoms with van der Waals surface area (Å²) in [7, 11) is 2.43. The SMILES string of the molecule is CO[Si](CCCC1CCC(CCOC(C)=O)N=N1)(OC)OC. The Morgan fingerprint density at radius 1 is 1.05 bits per heavy atom. The first-order valence-corrected chi connectivity index (χ1v) is 9.67. The zero-order valence-electron chi connectivity index (χ0n) is 14.0. The maximum atomic E-state index is 10.7. The Morgan fingerprint density at radius 3 is 2.05 bits per heavy atom. The van der Waals surface area contributed by atoms with Crippen LogP contribution >= 0.6 is 0 Å². The average molecular weight is 332 g/mol. The molecule has 7 nitrogen and oxygen atoms in total. The van der Waals surface area contributed by atoms with Crippen molar-refractivity contribution in [1.29, 1.82) is 0 Å². The minimum atomic E-state index is -2.46. The molecule has 0 aromatic heterocycles. The van der Waals surface area contributed by atoms with E-state index in [0.29, 0.717) is 6.61 Å². The van der Waals surface area contributed by atoms with Crippen molar-refractivity contribution in [3.8, 4) is 0 Å². The highest BCUT2D eigenvalue weighted by Gasteiger charge is 2.37. The monoisotopic (exact) mass is 332 g/mol. The lowest BCUT2D eigenvalue weighted by molar-refractivity contribution is -0.141. The van der Waals surface area contributed by atoms with Gasteiger partial charge in [-0.1, -0.05) is 0 Å². The minimum absolute atomic E-state index is 0.181. The fraction of sp³-hybridized carbons (Fsp3) is 0.929. The predicted molar refractivity (Wildman–Crippen MR) is 83.7 cm³/mol. The predicted octanol–water partition coefficient (Wildman–Crippen LogP) is 2.58. The maximum absolute atomic E-state index is 10.7. The number of esters is 1. The summed E-state index contributed by atoms with van der Waals surface area (Å²) in [6.45, 7) is 1.84. The molecule has 0 aromatic carbocycles. The van der Waals surface area contributed by atoms with E-state index in [9.17, 15) is 4.79 Å². The fourth-order valence-electron chi connectivity index (χ4n) is 2.54. The van der Waals surface area contributed by atoms with Gasteiger partial charge in [0.1, 0.15) is 0 Å². The number of hydrogen-bond donors (Lipinski definition) is 0. The van der Waals surface area contributed by atoms with Gasteiger partial charge in [0.05, 0.1) is 18.7 Å². The van der Waals surface area contributed by atoms with Gasteiger partial charge < -0.3 is 18.0 Å². The van der Waals surface area contributed by atoms with Gasteiger partial charge in [-0.25, -0.2) is 0 Å². The standard InChI is InChI=1S/C14H28N2O5Si/c1-12(17)21-10-9-14-8-7-13(15-16-14)6-5-11-22(18-2,19-3)20-4/h13-14H,5-11H2,1-4H3. The van der Waals surface area contributed by atoms with E-state index in [4.69, 9.17) is 18.0 Å². The summed E-state index contributed by atoms with van der Waals surface area (Å²) >= 11 is 0. The average Bonchev–Trinajstić information content (AvgIpc) is 2.53. The maximum Gasteiger partial charge on any atom is 0.500 e. The van der Waals surface area contributed by atoms with Gasteiger partial charge in [0, 0.05) is 40.7 Å². The molecule has 22 heavy (non-hydrogen) atoms. The van der Waals surface area contributed by atoms with E-state index < -0.39 is 8.80 Å². The molecule has 8 heteroatoms. The van der Waals surface area contributed by atoms with E-state index in [1.54, 1.807) is 21.3 Å². The fourth-order valence-corrected chi connectivity index (χ4v) is 4.29. The third-order valence-electron chi connectivity index (χ3n) is 3.94. The molecule has 0 aromatic rings. The first-order chi connectivity index (χ1) is 10.5. The van der Waals surface area contributed by atoms with Crippen molar-refractivity contribution in [1.82, 2.24) is 0 Å². The molecule has 0 radical (unpaired) electrons. The molecule has 1 aliphatic rings. The van der Waals surface area contributed by atoms with Gasteiger partial charge in [-0.15, -0.1) is 0 Å². The minimum Gasteiger partial charge on any atom is -0.466 e. The smallest absolute Gasteiger partial charge is 0.466 e. The first-order valence-electron chi connectivity index (χ1n) is 7.74. The topological polar surface area (TPSA) is 78.7 Å². The highest BCUT2D eigenvalue weighted by Crippen LogP contribution is 2.24. The number of hydrogen-bond acceptors (Lipinski definition) is 7. The molecule has 0 amide bonds. The first kappa shape index (κ1) is 19.2.